The molecule has 4 rings (SSSR count). The third kappa shape index (κ3) is 4.44. The summed E-state index contributed by atoms with van der Waals surface area (Å²) >= 11 is 0. The Morgan fingerprint density at radius 1 is 1.00 bits per heavy atom. The van der Waals surface area contributed by atoms with Gasteiger partial charge < -0.3 is 19.5 Å². The number of aromatic nitrogens is 2. The van der Waals surface area contributed by atoms with Crippen molar-refractivity contribution >= 4 is 22.9 Å². The number of rotatable bonds is 3. The van der Waals surface area contributed by atoms with Gasteiger partial charge in [-0.25, -0.2) is 4.98 Å². The number of aromatic amines is 1. The van der Waals surface area contributed by atoms with Gasteiger partial charge >= 0.3 is 6.36 Å². The van der Waals surface area contributed by atoms with Crippen molar-refractivity contribution in [3.05, 3.63) is 54.1 Å². The van der Waals surface area contributed by atoms with E-state index in [0.29, 0.717) is 25.2 Å². The Balaban J connectivity index is 1.42. The van der Waals surface area contributed by atoms with Gasteiger partial charge in [-0.15, -0.1) is 13.2 Å². The number of anilines is 1. The number of benzene rings is 2. The molecule has 152 valence electrons. The monoisotopic (exact) mass is 404 g/mol. The minimum Gasteiger partial charge on any atom is -0.406 e. The summed E-state index contributed by atoms with van der Waals surface area (Å²) in [6, 6.07) is 12.8. The van der Waals surface area contributed by atoms with Gasteiger partial charge in [-0.1, -0.05) is 12.1 Å². The molecule has 0 atom stereocenters. The van der Waals surface area contributed by atoms with Crippen LogP contribution in [0.15, 0.2) is 48.5 Å². The second-order valence-corrected chi connectivity index (χ2v) is 6.78. The fourth-order valence-electron chi connectivity index (χ4n) is 3.40. The minimum absolute atomic E-state index is 0.213. The van der Waals surface area contributed by atoms with Crippen LogP contribution in [-0.4, -0.2) is 53.3 Å². The molecule has 1 saturated heterocycles. The summed E-state index contributed by atoms with van der Waals surface area (Å²) < 4.78 is 40.7. The van der Waals surface area contributed by atoms with E-state index in [4.69, 9.17) is 0 Å². The molecule has 1 fully saturated rings. The van der Waals surface area contributed by atoms with E-state index in [9.17, 15) is 18.0 Å². The van der Waals surface area contributed by atoms with Gasteiger partial charge in [0.25, 0.3) is 5.91 Å². The molecular formula is C20H19F3N4O2. The van der Waals surface area contributed by atoms with Gasteiger partial charge in [-0.05, 0) is 42.8 Å². The Labute approximate surface area is 164 Å². The fraction of sp³-hybridized carbons (Fsp3) is 0.300. The van der Waals surface area contributed by atoms with Crippen molar-refractivity contribution in [1.29, 1.82) is 0 Å². The number of halogens is 3. The number of imidazole rings is 1. The third-order valence-corrected chi connectivity index (χ3v) is 4.79. The largest absolute Gasteiger partial charge is 0.573 e. The first-order valence-electron chi connectivity index (χ1n) is 9.24. The number of hydrogen-bond donors (Lipinski definition) is 1. The summed E-state index contributed by atoms with van der Waals surface area (Å²) in [6.07, 6.45) is -3.99. The van der Waals surface area contributed by atoms with E-state index in [-0.39, 0.29) is 11.7 Å². The van der Waals surface area contributed by atoms with Crippen LogP contribution in [0.4, 0.5) is 19.1 Å². The van der Waals surface area contributed by atoms with Crippen LogP contribution in [0.1, 0.15) is 16.8 Å². The van der Waals surface area contributed by atoms with E-state index in [1.807, 2.05) is 24.3 Å². The standard InChI is InChI=1S/C20H19F3N4O2/c21-20(22,23)29-15-8-6-14(7-9-15)18(28)26-10-3-11-27(13-12-26)19-24-16-4-1-2-5-17(16)25-19/h1-2,4-9H,3,10-13H2,(H,24,25). The highest BCUT2D eigenvalue weighted by Gasteiger charge is 2.31. The maximum Gasteiger partial charge on any atom is 0.573 e. The molecule has 2 aromatic carbocycles. The number of hydrogen-bond acceptors (Lipinski definition) is 4. The lowest BCUT2D eigenvalue weighted by molar-refractivity contribution is -0.274. The summed E-state index contributed by atoms with van der Waals surface area (Å²) in [7, 11) is 0. The number of nitrogens with one attached hydrogen (secondary N) is 1. The molecule has 0 spiro atoms. The highest BCUT2D eigenvalue weighted by Crippen LogP contribution is 2.23. The molecule has 1 aromatic heterocycles. The van der Waals surface area contributed by atoms with Crippen molar-refractivity contribution < 1.29 is 22.7 Å². The number of para-hydroxylation sites is 2. The Hall–Kier alpha value is -3.23. The first-order chi connectivity index (χ1) is 13.9. The summed E-state index contributed by atoms with van der Waals surface area (Å²) in [5.41, 5.74) is 2.18. The van der Waals surface area contributed by atoms with Gasteiger partial charge in [-0.3, -0.25) is 4.79 Å². The van der Waals surface area contributed by atoms with Crippen LogP contribution in [0.25, 0.3) is 11.0 Å². The molecule has 0 radical (unpaired) electrons. The van der Waals surface area contributed by atoms with Crippen LogP contribution in [0.2, 0.25) is 0 Å². The molecule has 1 aliphatic rings. The molecule has 0 aliphatic carbocycles. The first kappa shape index (κ1) is 19.1. The van der Waals surface area contributed by atoms with Crippen molar-refractivity contribution in [1.82, 2.24) is 14.9 Å². The Morgan fingerprint density at radius 2 is 1.76 bits per heavy atom. The molecule has 6 nitrogen and oxygen atoms in total. The van der Waals surface area contributed by atoms with Gasteiger partial charge in [0.05, 0.1) is 11.0 Å². The second-order valence-electron chi connectivity index (χ2n) is 6.78. The van der Waals surface area contributed by atoms with Crippen molar-refractivity contribution in [2.45, 2.75) is 12.8 Å². The zero-order valence-electron chi connectivity index (χ0n) is 15.4. The molecule has 1 aliphatic heterocycles. The summed E-state index contributed by atoms with van der Waals surface area (Å²) in [6.45, 7) is 2.43. The Morgan fingerprint density at radius 3 is 2.48 bits per heavy atom. The SMILES string of the molecule is O=C(c1ccc(OC(F)(F)F)cc1)N1CCCN(c2nc3ccccc3[nH]2)CC1. The van der Waals surface area contributed by atoms with Gasteiger partial charge in [0.2, 0.25) is 5.95 Å². The van der Waals surface area contributed by atoms with E-state index in [1.54, 1.807) is 4.90 Å². The third-order valence-electron chi connectivity index (χ3n) is 4.79. The van der Waals surface area contributed by atoms with Crippen LogP contribution in [0.3, 0.4) is 0 Å². The van der Waals surface area contributed by atoms with E-state index in [0.717, 1.165) is 42.1 Å². The van der Waals surface area contributed by atoms with Crippen molar-refractivity contribution in [2.24, 2.45) is 0 Å². The highest BCUT2D eigenvalue weighted by molar-refractivity contribution is 5.94. The summed E-state index contributed by atoms with van der Waals surface area (Å²) in [4.78, 5) is 24.5. The molecule has 0 saturated carbocycles. The number of nitrogens with zero attached hydrogens (tertiary/aromatic N) is 3. The van der Waals surface area contributed by atoms with Crippen LogP contribution in [0.5, 0.6) is 5.75 Å². The van der Waals surface area contributed by atoms with Gasteiger partial charge in [0.15, 0.2) is 0 Å². The fourth-order valence-corrected chi connectivity index (χ4v) is 3.40. The van der Waals surface area contributed by atoms with Gasteiger partial charge in [-0.2, -0.15) is 0 Å². The van der Waals surface area contributed by atoms with E-state index in [2.05, 4.69) is 19.6 Å². The average molecular weight is 404 g/mol. The molecule has 1 N–H and O–H groups in total. The van der Waals surface area contributed by atoms with Crippen LogP contribution in [-0.2, 0) is 0 Å². The smallest absolute Gasteiger partial charge is 0.406 e. The topological polar surface area (TPSA) is 61.5 Å². The molecule has 1 amide bonds. The number of alkyl halides is 3. The van der Waals surface area contributed by atoms with E-state index >= 15 is 0 Å². The Bertz CT molecular complexity index is 968. The Kier molecular flexibility index (Phi) is 5.04. The molecule has 29 heavy (non-hydrogen) atoms. The number of ether oxygens (including phenoxy) is 1. The first-order valence-corrected chi connectivity index (χ1v) is 9.24. The molecule has 3 aromatic rings. The maximum atomic E-state index is 12.8. The lowest BCUT2D eigenvalue weighted by Gasteiger charge is -2.22. The molecule has 9 heteroatoms. The minimum atomic E-state index is -4.75. The highest BCUT2D eigenvalue weighted by atomic mass is 19.4. The number of carbonyl (C=O) groups excluding carboxylic acids is 1. The number of fused-ring (bicyclic) bond motifs is 1. The lowest BCUT2D eigenvalue weighted by atomic mass is 10.2. The lowest BCUT2D eigenvalue weighted by Crippen LogP contribution is -2.35. The summed E-state index contributed by atoms with van der Waals surface area (Å²) in [5.74, 6) is 0.213. The zero-order valence-corrected chi connectivity index (χ0v) is 15.4. The molecular weight excluding hydrogens is 385 g/mol. The normalized spacial score (nSPS) is 15.4. The molecule has 0 bridgehead atoms. The van der Waals surface area contributed by atoms with E-state index in [1.165, 1.54) is 12.1 Å². The summed E-state index contributed by atoms with van der Waals surface area (Å²) in [5, 5.41) is 0. The molecule has 0 unspecified atom stereocenters. The van der Waals surface area contributed by atoms with Gasteiger partial charge in [0, 0.05) is 31.7 Å². The zero-order chi connectivity index (χ0) is 20.4. The predicted octanol–water partition coefficient (Wildman–Crippen LogP) is 3.81. The van der Waals surface area contributed by atoms with E-state index < -0.39 is 6.36 Å². The second kappa shape index (κ2) is 7.65. The van der Waals surface area contributed by atoms with Crippen LogP contribution in [0, 0.1) is 0 Å². The van der Waals surface area contributed by atoms with Crippen LogP contribution >= 0.6 is 0 Å². The predicted molar refractivity (Wildman–Crippen MR) is 102 cm³/mol. The van der Waals surface area contributed by atoms with Crippen molar-refractivity contribution in [2.75, 3.05) is 31.1 Å². The average Bonchev–Trinajstić information content (AvgIpc) is 2.96. The van der Waals surface area contributed by atoms with Crippen molar-refractivity contribution in [3.8, 4) is 5.75 Å². The number of carbonyl (C=O) groups is 1. The maximum absolute atomic E-state index is 12.8. The number of amides is 1. The van der Waals surface area contributed by atoms with Crippen molar-refractivity contribution in [3.63, 3.8) is 0 Å². The quantitative estimate of drug-likeness (QED) is 0.721. The number of H-pyrrole nitrogens is 1. The van der Waals surface area contributed by atoms with Crippen LogP contribution < -0.4 is 9.64 Å². The molecule has 2 heterocycles. The van der Waals surface area contributed by atoms with Gasteiger partial charge in [0.1, 0.15) is 5.75 Å².